The Bertz CT molecular complexity index is 876. The van der Waals surface area contributed by atoms with E-state index < -0.39 is 0 Å². The van der Waals surface area contributed by atoms with Crippen LogP contribution in [-0.4, -0.2) is 37.6 Å². The van der Waals surface area contributed by atoms with E-state index in [0.29, 0.717) is 29.2 Å². The van der Waals surface area contributed by atoms with Crippen LogP contribution in [0, 0.1) is 0 Å². The second-order valence-electron chi connectivity index (χ2n) is 7.26. The van der Waals surface area contributed by atoms with Crippen LogP contribution in [0.4, 0.5) is 5.69 Å². The van der Waals surface area contributed by atoms with E-state index >= 15 is 0 Å². The van der Waals surface area contributed by atoms with Crippen molar-refractivity contribution in [1.82, 2.24) is 5.32 Å². The maximum absolute atomic E-state index is 12.9. The number of aryl methyl sites for hydroxylation is 1. The van der Waals surface area contributed by atoms with Crippen LogP contribution in [0.25, 0.3) is 0 Å². The molecule has 1 fully saturated rings. The van der Waals surface area contributed by atoms with Gasteiger partial charge < -0.3 is 15.0 Å². The average Bonchev–Trinajstić information content (AvgIpc) is 3.25. The number of hydrogen-bond acceptors (Lipinski definition) is 3. The number of nitrogens with one attached hydrogen (secondary N) is 1. The van der Waals surface area contributed by atoms with E-state index in [4.69, 9.17) is 16.3 Å². The van der Waals surface area contributed by atoms with Gasteiger partial charge in [-0.15, -0.1) is 0 Å². The Kier molecular flexibility index (Phi) is 5.64. The highest BCUT2D eigenvalue weighted by atomic mass is 35.5. The molecule has 0 spiro atoms. The predicted octanol–water partition coefficient (Wildman–Crippen LogP) is 3.84. The lowest BCUT2D eigenvalue weighted by molar-refractivity contribution is 0.0857. The molecule has 2 aliphatic rings. The van der Waals surface area contributed by atoms with E-state index in [9.17, 15) is 9.59 Å². The second kappa shape index (κ2) is 8.33. The van der Waals surface area contributed by atoms with E-state index in [0.717, 1.165) is 43.5 Å². The largest absolute Gasteiger partial charge is 0.376 e. The Morgan fingerprint density at radius 1 is 1.11 bits per heavy atom. The first-order valence-electron chi connectivity index (χ1n) is 9.72. The Labute approximate surface area is 169 Å². The highest BCUT2D eigenvalue weighted by Crippen LogP contribution is 2.29. The Morgan fingerprint density at radius 2 is 1.89 bits per heavy atom. The van der Waals surface area contributed by atoms with Crippen molar-refractivity contribution in [2.45, 2.75) is 31.8 Å². The highest BCUT2D eigenvalue weighted by Gasteiger charge is 2.25. The Hall–Kier alpha value is -2.37. The van der Waals surface area contributed by atoms with Gasteiger partial charge >= 0.3 is 0 Å². The van der Waals surface area contributed by atoms with Crippen LogP contribution >= 0.6 is 11.6 Å². The van der Waals surface area contributed by atoms with E-state index in [1.807, 2.05) is 12.1 Å². The van der Waals surface area contributed by atoms with Gasteiger partial charge in [0, 0.05) is 41.5 Å². The molecule has 146 valence electrons. The van der Waals surface area contributed by atoms with Gasteiger partial charge in [0.1, 0.15) is 0 Å². The zero-order valence-corrected chi connectivity index (χ0v) is 16.4. The third-order valence-electron chi connectivity index (χ3n) is 5.31. The molecular weight excluding hydrogens is 376 g/mol. The quantitative estimate of drug-likeness (QED) is 0.851. The first-order valence-corrected chi connectivity index (χ1v) is 10.1. The van der Waals surface area contributed by atoms with Crippen molar-refractivity contribution in [3.63, 3.8) is 0 Å². The van der Waals surface area contributed by atoms with Crippen LogP contribution in [0.5, 0.6) is 0 Å². The fourth-order valence-corrected chi connectivity index (χ4v) is 3.94. The summed E-state index contributed by atoms with van der Waals surface area (Å²) in [6.07, 6.45) is 3.89. The summed E-state index contributed by atoms with van der Waals surface area (Å²) in [5, 5.41) is 3.56. The molecule has 1 saturated heterocycles. The van der Waals surface area contributed by atoms with Crippen molar-refractivity contribution in [3.8, 4) is 0 Å². The topological polar surface area (TPSA) is 58.6 Å². The second-order valence-corrected chi connectivity index (χ2v) is 7.69. The first-order chi connectivity index (χ1) is 13.6. The number of amides is 2. The number of halogens is 1. The first kappa shape index (κ1) is 19.0. The molecule has 0 aromatic heterocycles. The van der Waals surface area contributed by atoms with E-state index in [1.54, 1.807) is 35.2 Å². The number of fused-ring (bicyclic) bond motifs is 1. The summed E-state index contributed by atoms with van der Waals surface area (Å²) < 4.78 is 5.55. The molecule has 2 aromatic rings. The number of rotatable bonds is 4. The standard InChI is InChI=1S/C22H23ClN2O3/c23-18-8-5-15(6-9-18)22(27)25-11-1-3-16-13-17(7-10-20(16)25)21(26)24-14-19-4-2-12-28-19/h5-10,13,19H,1-4,11-12,14H2,(H,24,26)/t19-/m0/s1. The molecule has 5 nitrogen and oxygen atoms in total. The normalized spacial score (nSPS) is 18.6. The molecular formula is C22H23ClN2O3. The average molecular weight is 399 g/mol. The van der Waals surface area contributed by atoms with Crippen molar-refractivity contribution < 1.29 is 14.3 Å². The van der Waals surface area contributed by atoms with Gasteiger partial charge in [-0.05, 0) is 73.7 Å². The SMILES string of the molecule is O=C(NC[C@@H]1CCCO1)c1ccc2c(c1)CCCN2C(=O)c1ccc(Cl)cc1. The van der Waals surface area contributed by atoms with Crippen molar-refractivity contribution in [1.29, 1.82) is 0 Å². The van der Waals surface area contributed by atoms with Gasteiger partial charge in [-0.25, -0.2) is 0 Å². The van der Waals surface area contributed by atoms with Gasteiger partial charge in [0.2, 0.25) is 0 Å². The minimum Gasteiger partial charge on any atom is -0.376 e. The summed E-state index contributed by atoms with van der Waals surface area (Å²) in [7, 11) is 0. The van der Waals surface area contributed by atoms with Gasteiger partial charge in [-0.3, -0.25) is 9.59 Å². The summed E-state index contributed by atoms with van der Waals surface area (Å²) in [5.74, 6) is -0.146. The molecule has 6 heteroatoms. The zero-order chi connectivity index (χ0) is 19.5. The third kappa shape index (κ3) is 4.05. The molecule has 0 saturated carbocycles. The van der Waals surface area contributed by atoms with Crippen LogP contribution in [0.2, 0.25) is 5.02 Å². The number of hydrogen-bond donors (Lipinski definition) is 1. The van der Waals surface area contributed by atoms with Gasteiger partial charge in [-0.2, -0.15) is 0 Å². The van der Waals surface area contributed by atoms with Crippen molar-refractivity contribution in [2.75, 3.05) is 24.6 Å². The summed E-state index contributed by atoms with van der Waals surface area (Å²) in [6.45, 7) is 1.98. The van der Waals surface area contributed by atoms with Crippen molar-refractivity contribution in [3.05, 3.63) is 64.2 Å². The number of carbonyl (C=O) groups is 2. The molecule has 2 aliphatic heterocycles. The fraction of sp³-hybridized carbons (Fsp3) is 0.364. The number of nitrogens with zero attached hydrogens (tertiary/aromatic N) is 1. The molecule has 28 heavy (non-hydrogen) atoms. The van der Waals surface area contributed by atoms with Crippen LogP contribution in [0.1, 0.15) is 45.5 Å². The fourth-order valence-electron chi connectivity index (χ4n) is 3.81. The molecule has 1 atom stereocenters. The van der Waals surface area contributed by atoms with Gasteiger partial charge in [-0.1, -0.05) is 11.6 Å². The summed E-state index contributed by atoms with van der Waals surface area (Å²) in [6, 6.07) is 12.5. The van der Waals surface area contributed by atoms with Gasteiger partial charge in [0.15, 0.2) is 0 Å². The lowest BCUT2D eigenvalue weighted by Gasteiger charge is -2.30. The Morgan fingerprint density at radius 3 is 2.64 bits per heavy atom. The molecule has 4 rings (SSSR count). The van der Waals surface area contributed by atoms with Gasteiger partial charge in [0.05, 0.1) is 6.10 Å². The highest BCUT2D eigenvalue weighted by molar-refractivity contribution is 6.30. The molecule has 1 N–H and O–H groups in total. The third-order valence-corrected chi connectivity index (χ3v) is 5.56. The van der Waals surface area contributed by atoms with Crippen LogP contribution < -0.4 is 10.2 Å². The predicted molar refractivity (Wildman–Crippen MR) is 109 cm³/mol. The maximum atomic E-state index is 12.9. The smallest absolute Gasteiger partial charge is 0.258 e. The molecule has 0 radical (unpaired) electrons. The monoisotopic (exact) mass is 398 g/mol. The Balaban J connectivity index is 1.49. The molecule has 0 aliphatic carbocycles. The minimum absolute atomic E-state index is 0.0480. The van der Waals surface area contributed by atoms with Crippen LogP contribution in [0.3, 0.4) is 0 Å². The molecule has 2 amide bonds. The summed E-state index contributed by atoms with van der Waals surface area (Å²) in [4.78, 5) is 27.2. The maximum Gasteiger partial charge on any atom is 0.258 e. The number of ether oxygens (including phenoxy) is 1. The van der Waals surface area contributed by atoms with Crippen molar-refractivity contribution >= 4 is 29.1 Å². The molecule has 2 aromatic carbocycles. The van der Waals surface area contributed by atoms with Crippen LogP contribution in [-0.2, 0) is 11.2 Å². The summed E-state index contributed by atoms with van der Waals surface area (Å²) in [5.41, 5.74) is 3.13. The van der Waals surface area contributed by atoms with Gasteiger partial charge in [0.25, 0.3) is 11.8 Å². The molecule has 0 unspecified atom stereocenters. The minimum atomic E-state index is -0.0977. The van der Waals surface area contributed by atoms with Crippen LogP contribution in [0.15, 0.2) is 42.5 Å². The zero-order valence-electron chi connectivity index (χ0n) is 15.6. The number of carbonyl (C=O) groups excluding carboxylic acids is 2. The molecule has 2 heterocycles. The van der Waals surface area contributed by atoms with E-state index in [1.165, 1.54) is 0 Å². The summed E-state index contributed by atoms with van der Waals surface area (Å²) >= 11 is 5.93. The lowest BCUT2D eigenvalue weighted by Crippen LogP contribution is -2.36. The lowest BCUT2D eigenvalue weighted by atomic mass is 9.98. The van der Waals surface area contributed by atoms with Crippen molar-refractivity contribution in [2.24, 2.45) is 0 Å². The number of benzene rings is 2. The molecule has 0 bridgehead atoms. The number of anilines is 1. The van der Waals surface area contributed by atoms with E-state index in [2.05, 4.69) is 5.32 Å². The van der Waals surface area contributed by atoms with E-state index in [-0.39, 0.29) is 17.9 Å².